The van der Waals surface area contributed by atoms with E-state index in [9.17, 15) is 13.6 Å². The normalized spacial score (nSPS) is 10.7. The molecule has 0 saturated heterocycles. The minimum atomic E-state index is -2.49. The minimum Gasteiger partial charge on any atom is -0.336 e. The molecule has 5 heteroatoms. The lowest BCUT2D eigenvalue weighted by Crippen LogP contribution is -2.37. The molecular formula is C13H16BrF2NO. The topological polar surface area (TPSA) is 20.3 Å². The van der Waals surface area contributed by atoms with Crippen molar-refractivity contribution in [1.82, 2.24) is 4.90 Å². The number of alkyl halides is 3. The number of carbonyl (C=O) groups excluding carboxylic acids is 1. The van der Waals surface area contributed by atoms with Gasteiger partial charge in [0.15, 0.2) is 0 Å². The van der Waals surface area contributed by atoms with Crippen molar-refractivity contribution in [3.8, 4) is 0 Å². The predicted octanol–water partition coefficient (Wildman–Crippen LogP) is 3.03. The van der Waals surface area contributed by atoms with E-state index in [1.54, 1.807) is 0 Å². The summed E-state index contributed by atoms with van der Waals surface area (Å²) < 4.78 is 24.7. The van der Waals surface area contributed by atoms with Crippen molar-refractivity contribution in [1.29, 1.82) is 0 Å². The second kappa shape index (κ2) is 7.46. The van der Waals surface area contributed by atoms with Gasteiger partial charge in [-0.1, -0.05) is 45.8 Å². The highest BCUT2D eigenvalue weighted by atomic mass is 79.9. The third-order valence-electron chi connectivity index (χ3n) is 2.54. The van der Waals surface area contributed by atoms with E-state index in [-0.39, 0.29) is 12.3 Å². The second-order valence-electron chi connectivity index (χ2n) is 4.08. The molecule has 0 fully saturated rings. The summed E-state index contributed by atoms with van der Waals surface area (Å²) in [6, 6.07) is 7.51. The molecule has 0 aliphatic rings. The van der Waals surface area contributed by atoms with Crippen LogP contribution in [-0.4, -0.2) is 35.7 Å². The lowest BCUT2D eigenvalue weighted by molar-refractivity contribution is -0.132. The summed E-state index contributed by atoms with van der Waals surface area (Å²) in [5, 5.41) is 0.499. The molecule has 0 aliphatic heterocycles. The maximum atomic E-state index is 12.4. The molecule has 1 rings (SSSR count). The van der Waals surface area contributed by atoms with E-state index in [0.717, 1.165) is 11.1 Å². The van der Waals surface area contributed by atoms with Gasteiger partial charge in [-0.05, 0) is 12.5 Å². The highest BCUT2D eigenvalue weighted by molar-refractivity contribution is 9.09. The summed E-state index contributed by atoms with van der Waals surface area (Å²) in [6.07, 6.45) is -2.33. The SMILES string of the molecule is Cc1ccc(CC(=O)N(CCBr)CC(F)F)cc1. The van der Waals surface area contributed by atoms with Crippen molar-refractivity contribution in [2.45, 2.75) is 19.8 Å². The Kier molecular flexibility index (Phi) is 6.25. The zero-order valence-electron chi connectivity index (χ0n) is 10.2. The van der Waals surface area contributed by atoms with Gasteiger partial charge in [0.25, 0.3) is 6.43 Å². The van der Waals surface area contributed by atoms with Gasteiger partial charge < -0.3 is 4.90 Å². The van der Waals surface area contributed by atoms with Crippen molar-refractivity contribution in [3.05, 3.63) is 35.4 Å². The van der Waals surface area contributed by atoms with Gasteiger partial charge in [0, 0.05) is 11.9 Å². The van der Waals surface area contributed by atoms with Crippen LogP contribution in [0.3, 0.4) is 0 Å². The number of benzene rings is 1. The van der Waals surface area contributed by atoms with Crippen LogP contribution in [0.15, 0.2) is 24.3 Å². The third kappa shape index (κ3) is 5.12. The number of carbonyl (C=O) groups is 1. The first-order chi connectivity index (χ1) is 8.52. The Balaban J connectivity index is 2.63. The van der Waals surface area contributed by atoms with E-state index >= 15 is 0 Å². The molecule has 0 N–H and O–H groups in total. The molecule has 1 aromatic carbocycles. The van der Waals surface area contributed by atoms with Crippen LogP contribution in [0.25, 0.3) is 0 Å². The first kappa shape index (κ1) is 15.1. The van der Waals surface area contributed by atoms with Gasteiger partial charge in [-0.2, -0.15) is 0 Å². The molecule has 0 aliphatic carbocycles. The van der Waals surface area contributed by atoms with E-state index in [2.05, 4.69) is 15.9 Å². The zero-order chi connectivity index (χ0) is 13.5. The standard InChI is InChI=1S/C13H16BrF2NO/c1-10-2-4-11(5-3-10)8-13(18)17(7-6-14)9-12(15)16/h2-5,12H,6-9H2,1H3. The molecule has 0 unspecified atom stereocenters. The second-order valence-corrected chi connectivity index (χ2v) is 4.88. The van der Waals surface area contributed by atoms with Crippen LogP contribution in [0.5, 0.6) is 0 Å². The number of halogens is 3. The number of rotatable bonds is 6. The Morgan fingerprint density at radius 2 is 1.94 bits per heavy atom. The Morgan fingerprint density at radius 3 is 2.44 bits per heavy atom. The van der Waals surface area contributed by atoms with Crippen LogP contribution in [-0.2, 0) is 11.2 Å². The molecule has 0 atom stereocenters. The van der Waals surface area contributed by atoms with Crippen molar-refractivity contribution in [2.24, 2.45) is 0 Å². The fourth-order valence-corrected chi connectivity index (χ4v) is 2.01. The molecule has 0 radical (unpaired) electrons. The summed E-state index contributed by atoms with van der Waals surface area (Å²) >= 11 is 3.16. The summed E-state index contributed by atoms with van der Waals surface area (Å²) in [7, 11) is 0. The van der Waals surface area contributed by atoms with Gasteiger partial charge >= 0.3 is 0 Å². The average molecular weight is 320 g/mol. The molecule has 0 bridgehead atoms. The molecule has 0 spiro atoms. The van der Waals surface area contributed by atoms with Gasteiger partial charge in [-0.3, -0.25) is 4.79 Å². The van der Waals surface area contributed by atoms with Crippen molar-refractivity contribution < 1.29 is 13.6 Å². The lowest BCUT2D eigenvalue weighted by Gasteiger charge is -2.21. The number of amides is 1. The Bertz CT molecular complexity index is 381. The van der Waals surface area contributed by atoms with Crippen LogP contribution in [0.4, 0.5) is 8.78 Å². The van der Waals surface area contributed by atoms with E-state index in [4.69, 9.17) is 0 Å². The van der Waals surface area contributed by atoms with Gasteiger partial charge in [0.05, 0.1) is 13.0 Å². The zero-order valence-corrected chi connectivity index (χ0v) is 11.8. The van der Waals surface area contributed by atoms with Crippen LogP contribution in [0.1, 0.15) is 11.1 Å². The fraction of sp³-hybridized carbons (Fsp3) is 0.462. The van der Waals surface area contributed by atoms with Gasteiger partial charge in [-0.25, -0.2) is 8.78 Å². The molecule has 0 saturated carbocycles. The molecular weight excluding hydrogens is 304 g/mol. The van der Waals surface area contributed by atoms with Crippen LogP contribution in [0.2, 0.25) is 0 Å². The van der Waals surface area contributed by atoms with E-state index < -0.39 is 13.0 Å². The number of nitrogens with zero attached hydrogens (tertiary/aromatic N) is 1. The van der Waals surface area contributed by atoms with Gasteiger partial charge in [0.1, 0.15) is 0 Å². The van der Waals surface area contributed by atoms with Gasteiger partial charge in [0.2, 0.25) is 5.91 Å². The Hall–Kier alpha value is -0.970. The highest BCUT2D eigenvalue weighted by Crippen LogP contribution is 2.08. The minimum absolute atomic E-state index is 0.167. The number of aryl methyl sites for hydroxylation is 1. The quantitative estimate of drug-likeness (QED) is 0.738. The number of hydrogen-bond acceptors (Lipinski definition) is 1. The predicted molar refractivity (Wildman–Crippen MR) is 71.3 cm³/mol. The van der Waals surface area contributed by atoms with Crippen molar-refractivity contribution >= 4 is 21.8 Å². The molecule has 100 valence electrons. The maximum Gasteiger partial charge on any atom is 0.255 e. The molecule has 2 nitrogen and oxygen atoms in total. The van der Waals surface area contributed by atoms with E-state index in [1.807, 2.05) is 31.2 Å². The molecule has 18 heavy (non-hydrogen) atoms. The molecule has 0 heterocycles. The van der Waals surface area contributed by atoms with Crippen LogP contribution >= 0.6 is 15.9 Å². The molecule has 1 amide bonds. The van der Waals surface area contributed by atoms with Gasteiger partial charge in [-0.15, -0.1) is 0 Å². The summed E-state index contributed by atoms with van der Waals surface area (Å²) in [5.74, 6) is -0.265. The van der Waals surface area contributed by atoms with Crippen molar-refractivity contribution in [2.75, 3.05) is 18.4 Å². The smallest absolute Gasteiger partial charge is 0.255 e. The largest absolute Gasteiger partial charge is 0.336 e. The molecule has 0 aromatic heterocycles. The maximum absolute atomic E-state index is 12.4. The summed E-state index contributed by atoms with van der Waals surface area (Å²) in [4.78, 5) is 13.1. The summed E-state index contributed by atoms with van der Waals surface area (Å²) in [5.41, 5.74) is 1.95. The molecule has 1 aromatic rings. The van der Waals surface area contributed by atoms with Crippen LogP contribution < -0.4 is 0 Å². The Morgan fingerprint density at radius 1 is 1.33 bits per heavy atom. The number of hydrogen-bond donors (Lipinski definition) is 0. The first-order valence-corrected chi connectivity index (χ1v) is 6.82. The fourth-order valence-electron chi connectivity index (χ4n) is 1.58. The highest BCUT2D eigenvalue weighted by Gasteiger charge is 2.17. The first-order valence-electron chi connectivity index (χ1n) is 5.70. The van der Waals surface area contributed by atoms with E-state index in [1.165, 1.54) is 4.90 Å². The van der Waals surface area contributed by atoms with Crippen LogP contribution in [0, 0.1) is 6.92 Å². The monoisotopic (exact) mass is 319 g/mol. The third-order valence-corrected chi connectivity index (χ3v) is 2.90. The lowest BCUT2D eigenvalue weighted by atomic mass is 10.1. The van der Waals surface area contributed by atoms with Crippen molar-refractivity contribution in [3.63, 3.8) is 0 Å². The summed E-state index contributed by atoms with van der Waals surface area (Å²) in [6.45, 7) is 1.75. The average Bonchev–Trinajstić information content (AvgIpc) is 2.31. The van der Waals surface area contributed by atoms with E-state index in [0.29, 0.717) is 11.9 Å². The Labute approximate surface area is 114 Å².